The predicted molar refractivity (Wildman–Crippen MR) is 108 cm³/mol. The lowest BCUT2D eigenvalue weighted by molar-refractivity contribution is -0.136. The topological polar surface area (TPSA) is 67.9 Å². The zero-order valence-electron chi connectivity index (χ0n) is 16.7. The molecule has 0 spiro atoms. The van der Waals surface area contributed by atoms with E-state index in [9.17, 15) is 18.4 Å². The molecule has 2 aromatic carbocycles. The average Bonchev–Trinajstić information content (AvgIpc) is 2.96. The van der Waals surface area contributed by atoms with Crippen molar-refractivity contribution in [2.75, 3.05) is 32.2 Å². The number of carbonyl (C=O) groups excluding carboxylic acids is 2. The van der Waals surface area contributed by atoms with E-state index < -0.39 is 23.4 Å². The van der Waals surface area contributed by atoms with Crippen molar-refractivity contribution in [3.8, 4) is 5.75 Å². The van der Waals surface area contributed by atoms with Gasteiger partial charge in [-0.25, -0.2) is 8.78 Å². The van der Waals surface area contributed by atoms with Crippen LogP contribution < -0.4 is 10.1 Å². The Morgan fingerprint density at radius 3 is 2.37 bits per heavy atom. The molecular weight excluding hydrogens is 394 g/mol. The Bertz CT molecular complexity index is 974. The van der Waals surface area contributed by atoms with Crippen LogP contribution in [0.2, 0.25) is 0 Å². The third-order valence-corrected chi connectivity index (χ3v) is 4.54. The van der Waals surface area contributed by atoms with Crippen LogP contribution in [0.3, 0.4) is 0 Å². The highest BCUT2D eigenvalue weighted by atomic mass is 19.2. The van der Waals surface area contributed by atoms with Gasteiger partial charge in [0.25, 0.3) is 11.8 Å². The van der Waals surface area contributed by atoms with Gasteiger partial charge in [-0.1, -0.05) is 12.1 Å². The van der Waals surface area contributed by atoms with Gasteiger partial charge in [-0.05, 0) is 43.2 Å². The van der Waals surface area contributed by atoms with Crippen molar-refractivity contribution in [1.82, 2.24) is 4.90 Å². The molecule has 0 saturated carbocycles. The van der Waals surface area contributed by atoms with Gasteiger partial charge < -0.3 is 14.8 Å². The van der Waals surface area contributed by atoms with E-state index in [2.05, 4.69) is 5.32 Å². The number of hydrogen-bond donors (Lipinski definition) is 1. The fraction of sp³-hybridized carbons (Fsp3) is 0.273. The standard InChI is InChI=1S/C22H22F2N2O4/c1-3-30-16-8-5-14(6-9-16)19-20(25-15-7-10-17(23)18(24)13-15)22(28)26(21(19)27)11-4-12-29-2/h5-10,13,25H,3-4,11-12H2,1-2H3. The Morgan fingerprint density at radius 2 is 1.73 bits per heavy atom. The molecule has 6 nitrogen and oxygen atoms in total. The molecule has 0 bridgehead atoms. The average molecular weight is 416 g/mol. The number of halogens is 2. The highest BCUT2D eigenvalue weighted by molar-refractivity contribution is 6.36. The first kappa shape index (κ1) is 21.4. The third-order valence-electron chi connectivity index (χ3n) is 4.54. The minimum Gasteiger partial charge on any atom is -0.494 e. The van der Waals surface area contributed by atoms with Crippen LogP contribution in [0.5, 0.6) is 5.75 Å². The highest BCUT2D eigenvalue weighted by Gasteiger charge is 2.38. The van der Waals surface area contributed by atoms with Crippen molar-refractivity contribution in [1.29, 1.82) is 0 Å². The van der Waals surface area contributed by atoms with Crippen LogP contribution in [0.4, 0.5) is 14.5 Å². The first-order chi connectivity index (χ1) is 14.5. The smallest absolute Gasteiger partial charge is 0.278 e. The maximum atomic E-state index is 13.6. The van der Waals surface area contributed by atoms with Gasteiger partial charge in [0.05, 0.1) is 12.2 Å². The summed E-state index contributed by atoms with van der Waals surface area (Å²) < 4.78 is 37.3. The molecule has 1 aliphatic rings. The van der Waals surface area contributed by atoms with Crippen molar-refractivity contribution in [3.63, 3.8) is 0 Å². The van der Waals surface area contributed by atoms with Crippen molar-refractivity contribution < 1.29 is 27.8 Å². The maximum absolute atomic E-state index is 13.6. The predicted octanol–water partition coefficient (Wildman–Crippen LogP) is 3.59. The number of rotatable bonds is 9. The number of carbonyl (C=O) groups is 2. The minimum absolute atomic E-state index is 0.00702. The molecule has 0 aromatic heterocycles. The third kappa shape index (κ3) is 4.49. The molecule has 0 saturated heterocycles. The zero-order valence-corrected chi connectivity index (χ0v) is 16.7. The van der Waals surface area contributed by atoms with Gasteiger partial charge in [0.2, 0.25) is 0 Å². The first-order valence-corrected chi connectivity index (χ1v) is 9.51. The lowest BCUT2D eigenvalue weighted by atomic mass is 10.0. The molecule has 30 heavy (non-hydrogen) atoms. The van der Waals surface area contributed by atoms with Crippen LogP contribution in [-0.2, 0) is 14.3 Å². The van der Waals surface area contributed by atoms with E-state index in [4.69, 9.17) is 9.47 Å². The van der Waals surface area contributed by atoms with Crippen molar-refractivity contribution >= 4 is 23.1 Å². The minimum atomic E-state index is -1.06. The monoisotopic (exact) mass is 416 g/mol. The summed E-state index contributed by atoms with van der Waals surface area (Å²) in [5.41, 5.74) is 0.834. The molecule has 1 N–H and O–H groups in total. The van der Waals surface area contributed by atoms with Gasteiger partial charge in [0.1, 0.15) is 11.4 Å². The summed E-state index contributed by atoms with van der Waals surface area (Å²) in [4.78, 5) is 27.1. The molecule has 0 fully saturated rings. The Kier molecular flexibility index (Phi) is 6.79. The van der Waals surface area contributed by atoms with E-state index in [0.29, 0.717) is 30.9 Å². The number of anilines is 1. The lowest BCUT2D eigenvalue weighted by Gasteiger charge is -2.15. The lowest BCUT2D eigenvalue weighted by Crippen LogP contribution is -2.33. The van der Waals surface area contributed by atoms with Crippen LogP contribution in [0, 0.1) is 11.6 Å². The second kappa shape index (κ2) is 9.49. The van der Waals surface area contributed by atoms with E-state index in [1.165, 1.54) is 13.2 Å². The molecule has 158 valence electrons. The number of benzene rings is 2. The van der Waals surface area contributed by atoms with Crippen molar-refractivity contribution in [2.45, 2.75) is 13.3 Å². The largest absolute Gasteiger partial charge is 0.494 e. The SMILES string of the molecule is CCOc1ccc(C2=C(Nc3ccc(F)c(F)c3)C(=O)N(CCCOC)C2=O)cc1. The zero-order chi connectivity index (χ0) is 21.7. The summed E-state index contributed by atoms with van der Waals surface area (Å²) in [5, 5.41) is 2.80. The maximum Gasteiger partial charge on any atom is 0.278 e. The summed E-state index contributed by atoms with van der Waals surface area (Å²) in [5.74, 6) is -2.44. The Hall–Kier alpha value is -3.26. The molecule has 1 heterocycles. The molecule has 2 aromatic rings. The second-order valence-corrected chi connectivity index (χ2v) is 6.57. The fourth-order valence-corrected chi connectivity index (χ4v) is 3.13. The number of amides is 2. The number of imide groups is 1. The van der Waals surface area contributed by atoms with Crippen LogP contribution in [-0.4, -0.2) is 43.6 Å². The molecule has 0 radical (unpaired) electrons. The molecular formula is C22H22F2N2O4. The molecule has 3 rings (SSSR count). The van der Waals surface area contributed by atoms with Gasteiger partial charge in [0, 0.05) is 32.0 Å². The number of methoxy groups -OCH3 is 1. The number of ether oxygens (including phenoxy) is 2. The van der Waals surface area contributed by atoms with Crippen molar-refractivity contribution in [2.24, 2.45) is 0 Å². The Balaban J connectivity index is 1.98. The van der Waals surface area contributed by atoms with Crippen LogP contribution in [0.15, 0.2) is 48.2 Å². The molecule has 2 amide bonds. The summed E-state index contributed by atoms with van der Waals surface area (Å²) >= 11 is 0. The summed E-state index contributed by atoms with van der Waals surface area (Å²) in [7, 11) is 1.54. The van der Waals surface area contributed by atoms with E-state index in [1.54, 1.807) is 24.3 Å². The summed E-state index contributed by atoms with van der Waals surface area (Å²) in [6.07, 6.45) is 0.475. The van der Waals surface area contributed by atoms with Crippen LogP contribution in [0.1, 0.15) is 18.9 Å². The van der Waals surface area contributed by atoms with Gasteiger partial charge in [-0.3, -0.25) is 14.5 Å². The first-order valence-electron chi connectivity index (χ1n) is 9.51. The van der Waals surface area contributed by atoms with Gasteiger partial charge in [0.15, 0.2) is 11.6 Å². The number of hydrogen-bond acceptors (Lipinski definition) is 5. The van der Waals surface area contributed by atoms with E-state index in [1.807, 2.05) is 6.92 Å². The highest BCUT2D eigenvalue weighted by Crippen LogP contribution is 2.31. The quantitative estimate of drug-likeness (QED) is 0.500. The molecule has 1 aliphatic heterocycles. The van der Waals surface area contributed by atoms with E-state index >= 15 is 0 Å². The van der Waals surface area contributed by atoms with Gasteiger partial charge >= 0.3 is 0 Å². The molecule has 0 atom stereocenters. The Labute approximate surface area is 173 Å². The van der Waals surface area contributed by atoms with Crippen molar-refractivity contribution in [3.05, 3.63) is 65.4 Å². The number of nitrogens with zero attached hydrogens (tertiary/aromatic N) is 1. The normalized spacial score (nSPS) is 13.9. The van der Waals surface area contributed by atoms with E-state index in [-0.39, 0.29) is 23.5 Å². The van der Waals surface area contributed by atoms with Crippen LogP contribution >= 0.6 is 0 Å². The van der Waals surface area contributed by atoms with E-state index in [0.717, 1.165) is 17.0 Å². The molecule has 0 unspecified atom stereocenters. The molecule has 0 aliphatic carbocycles. The fourth-order valence-electron chi connectivity index (χ4n) is 3.13. The summed E-state index contributed by atoms with van der Waals surface area (Å²) in [6, 6.07) is 9.94. The Morgan fingerprint density at radius 1 is 1.00 bits per heavy atom. The van der Waals surface area contributed by atoms with Gasteiger partial charge in [-0.15, -0.1) is 0 Å². The number of nitrogens with one attached hydrogen (secondary N) is 1. The van der Waals surface area contributed by atoms with Gasteiger partial charge in [-0.2, -0.15) is 0 Å². The van der Waals surface area contributed by atoms with Crippen LogP contribution in [0.25, 0.3) is 5.57 Å². The molecule has 8 heteroatoms. The summed E-state index contributed by atoms with van der Waals surface area (Å²) in [6.45, 7) is 2.92. The second-order valence-electron chi connectivity index (χ2n) is 6.57.